The summed E-state index contributed by atoms with van der Waals surface area (Å²) >= 11 is 3.59. The van der Waals surface area contributed by atoms with Gasteiger partial charge in [0, 0.05) is 16.1 Å². The molecular weight excluding hydrogens is 254 g/mol. The number of nitrogens with one attached hydrogen (secondary N) is 1. The van der Waals surface area contributed by atoms with Crippen LogP contribution in [0.2, 0.25) is 0 Å². The van der Waals surface area contributed by atoms with Crippen molar-refractivity contribution < 1.29 is 4.74 Å². The van der Waals surface area contributed by atoms with Crippen LogP contribution < -0.4 is 10.1 Å². The SMILES string of the molecule is COc1cccc(Br)c1CC1CCCN1. The van der Waals surface area contributed by atoms with Crippen LogP contribution in [0.1, 0.15) is 18.4 Å². The summed E-state index contributed by atoms with van der Waals surface area (Å²) in [6.07, 6.45) is 3.60. The Morgan fingerprint density at radius 1 is 1.53 bits per heavy atom. The maximum absolute atomic E-state index is 5.38. The summed E-state index contributed by atoms with van der Waals surface area (Å²) in [6, 6.07) is 6.72. The Kier molecular flexibility index (Phi) is 3.65. The first-order valence-electron chi connectivity index (χ1n) is 5.36. The van der Waals surface area contributed by atoms with Crippen molar-refractivity contribution >= 4 is 15.9 Å². The van der Waals surface area contributed by atoms with Gasteiger partial charge in [-0.2, -0.15) is 0 Å². The predicted molar refractivity (Wildman–Crippen MR) is 65.4 cm³/mol. The highest BCUT2D eigenvalue weighted by Gasteiger charge is 2.17. The monoisotopic (exact) mass is 269 g/mol. The van der Waals surface area contributed by atoms with Gasteiger partial charge in [-0.25, -0.2) is 0 Å². The highest BCUT2D eigenvalue weighted by molar-refractivity contribution is 9.10. The minimum atomic E-state index is 0.609. The van der Waals surface area contributed by atoms with E-state index in [1.54, 1.807) is 7.11 Å². The summed E-state index contributed by atoms with van der Waals surface area (Å²) < 4.78 is 6.53. The van der Waals surface area contributed by atoms with Crippen molar-refractivity contribution in [3.63, 3.8) is 0 Å². The Balaban J connectivity index is 2.17. The van der Waals surface area contributed by atoms with Gasteiger partial charge in [-0.1, -0.05) is 22.0 Å². The van der Waals surface area contributed by atoms with Gasteiger partial charge in [0.1, 0.15) is 5.75 Å². The van der Waals surface area contributed by atoms with E-state index in [-0.39, 0.29) is 0 Å². The molecule has 1 fully saturated rings. The molecule has 2 nitrogen and oxygen atoms in total. The van der Waals surface area contributed by atoms with Crippen molar-refractivity contribution in [2.24, 2.45) is 0 Å². The van der Waals surface area contributed by atoms with Gasteiger partial charge in [-0.15, -0.1) is 0 Å². The zero-order chi connectivity index (χ0) is 10.7. The average molecular weight is 270 g/mol. The molecule has 1 aromatic carbocycles. The van der Waals surface area contributed by atoms with Crippen molar-refractivity contribution in [3.8, 4) is 5.75 Å². The Labute approximate surface area is 99.1 Å². The van der Waals surface area contributed by atoms with Gasteiger partial charge in [-0.05, 0) is 37.9 Å². The van der Waals surface area contributed by atoms with E-state index in [9.17, 15) is 0 Å². The second kappa shape index (κ2) is 4.99. The summed E-state index contributed by atoms with van der Waals surface area (Å²) in [4.78, 5) is 0. The molecule has 0 amide bonds. The Bertz CT molecular complexity index is 334. The quantitative estimate of drug-likeness (QED) is 0.911. The van der Waals surface area contributed by atoms with Crippen LogP contribution in [0.15, 0.2) is 22.7 Å². The van der Waals surface area contributed by atoms with Crippen LogP contribution in [0.25, 0.3) is 0 Å². The van der Waals surface area contributed by atoms with Gasteiger partial charge in [0.05, 0.1) is 7.11 Å². The zero-order valence-corrected chi connectivity index (χ0v) is 10.5. The Hall–Kier alpha value is -0.540. The third-order valence-corrected chi connectivity index (χ3v) is 3.65. The average Bonchev–Trinajstić information content (AvgIpc) is 2.74. The summed E-state index contributed by atoms with van der Waals surface area (Å²) in [5.41, 5.74) is 1.28. The molecule has 1 unspecified atom stereocenters. The molecule has 1 saturated heterocycles. The number of hydrogen-bond acceptors (Lipinski definition) is 2. The largest absolute Gasteiger partial charge is 0.496 e. The van der Waals surface area contributed by atoms with E-state index < -0.39 is 0 Å². The molecule has 1 aliphatic heterocycles. The smallest absolute Gasteiger partial charge is 0.123 e. The van der Waals surface area contributed by atoms with E-state index in [1.165, 1.54) is 18.4 Å². The predicted octanol–water partition coefficient (Wildman–Crippen LogP) is 2.75. The summed E-state index contributed by atoms with van der Waals surface area (Å²) in [7, 11) is 1.73. The minimum Gasteiger partial charge on any atom is -0.496 e. The van der Waals surface area contributed by atoms with Crippen LogP contribution in [-0.4, -0.2) is 19.7 Å². The molecule has 1 aliphatic rings. The van der Waals surface area contributed by atoms with Gasteiger partial charge in [-0.3, -0.25) is 0 Å². The molecular formula is C12H16BrNO. The lowest BCUT2D eigenvalue weighted by molar-refractivity contribution is 0.406. The number of benzene rings is 1. The van der Waals surface area contributed by atoms with Gasteiger partial charge < -0.3 is 10.1 Å². The van der Waals surface area contributed by atoms with Crippen LogP contribution in [0.5, 0.6) is 5.75 Å². The molecule has 3 heteroatoms. The van der Waals surface area contributed by atoms with Crippen molar-refractivity contribution in [1.82, 2.24) is 5.32 Å². The van der Waals surface area contributed by atoms with Crippen LogP contribution in [0, 0.1) is 0 Å². The molecule has 0 radical (unpaired) electrons. The van der Waals surface area contributed by atoms with Crippen molar-refractivity contribution in [3.05, 3.63) is 28.2 Å². The second-order valence-electron chi connectivity index (χ2n) is 3.92. The number of rotatable bonds is 3. The van der Waals surface area contributed by atoms with E-state index in [4.69, 9.17) is 4.74 Å². The van der Waals surface area contributed by atoms with Crippen LogP contribution >= 0.6 is 15.9 Å². The number of ether oxygens (including phenoxy) is 1. The molecule has 1 aromatic rings. The van der Waals surface area contributed by atoms with Gasteiger partial charge >= 0.3 is 0 Å². The first kappa shape index (κ1) is 11.0. The van der Waals surface area contributed by atoms with Crippen molar-refractivity contribution in [1.29, 1.82) is 0 Å². The Morgan fingerprint density at radius 3 is 3.07 bits per heavy atom. The molecule has 1 heterocycles. The van der Waals surface area contributed by atoms with Crippen LogP contribution in [0.3, 0.4) is 0 Å². The van der Waals surface area contributed by atoms with E-state index in [1.807, 2.05) is 12.1 Å². The number of hydrogen-bond donors (Lipinski definition) is 1. The fraction of sp³-hybridized carbons (Fsp3) is 0.500. The van der Waals surface area contributed by atoms with Gasteiger partial charge in [0.2, 0.25) is 0 Å². The highest BCUT2D eigenvalue weighted by atomic mass is 79.9. The highest BCUT2D eigenvalue weighted by Crippen LogP contribution is 2.29. The third-order valence-electron chi connectivity index (χ3n) is 2.91. The normalized spacial score (nSPS) is 20.5. The zero-order valence-electron chi connectivity index (χ0n) is 8.92. The van der Waals surface area contributed by atoms with E-state index >= 15 is 0 Å². The maximum Gasteiger partial charge on any atom is 0.123 e. The molecule has 0 saturated carbocycles. The van der Waals surface area contributed by atoms with Crippen LogP contribution in [0.4, 0.5) is 0 Å². The Morgan fingerprint density at radius 2 is 2.40 bits per heavy atom. The molecule has 82 valence electrons. The number of halogens is 1. The molecule has 1 atom stereocenters. The second-order valence-corrected chi connectivity index (χ2v) is 4.77. The topological polar surface area (TPSA) is 21.3 Å². The molecule has 15 heavy (non-hydrogen) atoms. The lowest BCUT2D eigenvalue weighted by Gasteiger charge is -2.14. The molecule has 1 N–H and O–H groups in total. The first-order valence-corrected chi connectivity index (χ1v) is 6.15. The standard InChI is InChI=1S/C12H16BrNO/c1-15-12-6-2-5-11(13)10(12)8-9-4-3-7-14-9/h2,5-6,9,14H,3-4,7-8H2,1H3. The first-order chi connectivity index (χ1) is 7.31. The van der Waals surface area contributed by atoms with Crippen molar-refractivity contribution in [2.75, 3.05) is 13.7 Å². The molecule has 2 rings (SSSR count). The number of methoxy groups -OCH3 is 1. The van der Waals surface area contributed by atoms with Gasteiger partial charge in [0.15, 0.2) is 0 Å². The van der Waals surface area contributed by atoms with Crippen LogP contribution in [-0.2, 0) is 6.42 Å². The molecule has 0 spiro atoms. The fourth-order valence-corrected chi connectivity index (χ4v) is 2.62. The summed E-state index contributed by atoms with van der Waals surface area (Å²) in [5, 5.41) is 3.51. The van der Waals surface area contributed by atoms with Crippen molar-refractivity contribution in [2.45, 2.75) is 25.3 Å². The molecule has 0 aliphatic carbocycles. The third kappa shape index (κ3) is 2.52. The van der Waals surface area contributed by atoms with Gasteiger partial charge in [0.25, 0.3) is 0 Å². The lowest BCUT2D eigenvalue weighted by Crippen LogP contribution is -2.24. The minimum absolute atomic E-state index is 0.609. The summed E-state index contributed by atoms with van der Waals surface area (Å²) in [5.74, 6) is 0.984. The maximum atomic E-state index is 5.38. The summed E-state index contributed by atoms with van der Waals surface area (Å²) in [6.45, 7) is 1.15. The molecule has 0 aromatic heterocycles. The fourth-order valence-electron chi connectivity index (χ4n) is 2.11. The van der Waals surface area contributed by atoms with E-state index in [0.29, 0.717) is 6.04 Å². The van der Waals surface area contributed by atoms with E-state index in [2.05, 4.69) is 27.3 Å². The molecule has 0 bridgehead atoms. The van der Waals surface area contributed by atoms with E-state index in [0.717, 1.165) is 23.2 Å². The lowest BCUT2D eigenvalue weighted by atomic mass is 10.0.